The van der Waals surface area contributed by atoms with E-state index in [1.807, 2.05) is 65.1 Å². The summed E-state index contributed by atoms with van der Waals surface area (Å²) >= 11 is 0. The van der Waals surface area contributed by atoms with Crippen LogP contribution in [0.1, 0.15) is 93.9 Å². The van der Waals surface area contributed by atoms with Gasteiger partial charge >= 0.3 is 12.1 Å². The maximum Gasteiger partial charge on any atom is 0.410 e. The highest BCUT2D eigenvalue weighted by Gasteiger charge is 2.58. The van der Waals surface area contributed by atoms with Crippen molar-refractivity contribution in [2.45, 2.75) is 160 Å². The number of unbranched alkanes of at least 4 members (excludes halogenated alkanes) is 1. The third-order valence-corrected chi connectivity index (χ3v) is 12.5. The first-order valence-electron chi connectivity index (χ1n) is 20.9. The summed E-state index contributed by atoms with van der Waals surface area (Å²) < 4.78 is 32.9. The van der Waals surface area contributed by atoms with E-state index < -0.39 is 77.6 Å². The average Bonchev–Trinajstić information content (AvgIpc) is 3.76. The van der Waals surface area contributed by atoms with Crippen LogP contribution in [0.2, 0.25) is 0 Å². The molecule has 1 aromatic heterocycles. The van der Waals surface area contributed by atoms with Crippen molar-refractivity contribution < 1.29 is 43.2 Å². The summed E-state index contributed by atoms with van der Waals surface area (Å²) in [6, 6.07) is 6.16. The number of amides is 1. The number of cyclic esters (lactones) is 1. The zero-order chi connectivity index (χ0) is 42.5. The molecule has 58 heavy (non-hydrogen) atoms. The predicted octanol–water partition coefficient (Wildman–Crippen LogP) is 4.07. The van der Waals surface area contributed by atoms with Gasteiger partial charge in [-0.2, -0.15) is 0 Å². The number of hydrogen-bond acceptors (Lipinski definition) is 14. The van der Waals surface area contributed by atoms with Crippen LogP contribution in [0.25, 0.3) is 11.3 Å². The quantitative estimate of drug-likeness (QED) is 0.115. The number of ether oxygens (including phenoxy) is 5. The normalized spacial score (nSPS) is 37.0. The SMILES string of the molecule is CC[C@H]1OC(=O)[C@H](C)C(=O)[C@H](C)[C@@H](O[C@@H]2O[C@H](C)CC(N)C2O)[C@](C)(OC)C[C@@H](C)CCN[C@H](C)[C@H]2N(CCCCn3cc(-c4cccc(N)c4)nn3)C(=O)O[C@]12C. The van der Waals surface area contributed by atoms with E-state index in [9.17, 15) is 19.5 Å². The Hall–Kier alpha value is -3.67. The summed E-state index contributed by atoms with van der Waals surface area (Å²) in [6.07, 6.45) is 0.520. The second-order valence-corrected chi connectivity index (χ2v) is 17.3. The first-order chi connectivity index (χ1) is 27.4. The lowest BCUT2D eigenvalue weighted by Gasteiger charge is -2.45. The van der Waals surface area contributed by atoms with Crippen molar-refractivity contribution in [3.05, 3.63) is 30.5 Å². The fourth-order valence-corrected chi connectivity index (χ4v) is 9.20. The van der Waals surface area contributed by atoms with Crippen LogP contribution < -0.4 is 16.8 Å². The Kier molecular flexibility index (Phi) is 15.0. The Bertz CT molecular complexity index is 1710. The molecule has 16 heteroatoms. The number of aryl methyl sites for hydroxylation is 1. The summed E-state index contributed by atoms with van der Waals surface area (Å²) in [5.41, 5.74) is 12.2. The van der Waals surface area contributed by atoms with Gasteiger partial charge in [0.2, 0.25) is 0 Å². The number of rotatable bonds is 10. The van der Waals surface area contributed by atoms with Gasteiger partial charge in [-0.25, -0.2) is 4.79 Å². The molecular weight excluding hydrogens is 747 g/mol. The summed E-state index contributed by atoms with van der Waals surface area (Å²) in [5.74, 6) is -3.13. The van der Waals surface area contributed by atoms with Gasteiger partial charge in [0.15, 0.2) is 17.7 Å². The molecule has 0 saturated carbocycles. The molecule has 1 aromatic carbocycles. The summed E-state index contributed by atoms with van der Waals surface area (Å²) in [5, 5.41) is 23.3. The number of hydrogen-bond donors (Lipinski definition) is 4. The lowest BCUT2D eigenvalue weighted by molar-refractivity contribution is -0.288. The fraction of sp³-hybridized carbons (Fsp3) is 0.738. The highest BCUT2D eigenvalue weighted by atomic mass is 16.7. The van der Waals surface area contributed by atoms with Gasteiger partial charge in [0.05, 0.1) is 30.0 Å². The average molecular weight is 814 g/mol. The topological polar surface area (TPSA) is 216 Å². The molecule has 3 aliphatic rings. The van der Waals surface area contributed by atoms with Crippen LogP contribution in [0.15, 0.2) is 30.5 Å². The van der Waals surface area contributed by atoms with Crippen molar-refractivity contribution in [3.63, 3.8) is 0 Å². The highest BCUT2D eigenvalue weighted by molar-refractivity contribution is 6.00. The number of methoxy groups -OCH3 is 1. The van der Waals surface area contributed by atoms with Gasteiger partial charge < -0.3 is 45.6 Å². The molecule has 16 nitrogen and oxygen atoms in total. The molecule has 0 spiro atoms. The minimum atomic E-state index is -1.23. The molecule has 5 rings (SSSR count). The summed E-state index contributed by atoms with van der Waals surface area (Å²) in [6.45, 7) is 16.4. The summed E-state index contributed by atoms with van der Waals surface area (Å²) in [7, 11) is 1.58. The van der Waals surface area contributed by atoms with Gasteiger partial charge in [-0.15, -0.1) is 5.10 Å². The number of nitrogens with zero attached hydrogens (tertiary/aromatic N) is 4. The monoisotopic (exact) mass is 814 g/mol. The molecule has 0 bridgehead atoms. The van der Waals surface area contributed by atoms with E-state index in [-0.39, 0.29) is 18.1 Å². The Morgan fingerprint density at radius 3 is 2.50 bits per heavy atom. The number of nitrogen functional groups attached to an aromatic ring is 1. The number of aromatic nitrogens is 3. The second-order valence-electron chi connectivity index (χ2n) is 17.3. The highest BCUT2D eigenvalue weighted by Crippen LogP contribution is 2.40. The molecule has 3 aliphatic heterocycles. The van der Waals surface area contributed by atoms with E-state index in [0.29, 0.717) is 51.0 Å². The number of carbonyl (C=O) groups is 3. The maximum atomic E-state index is 14.3. The van der Waals surface area contributed by atoms with Gasteiger partial charge in [0, 0.05) is 49.5 Å². The van der Waals surface area contributed by atoms with E-state index in [1.54, 1.807) is 23.6 Å². The van der Waals surface area contributed by atoms with Crippen LogP contribution in [0, 0.1) is 17.8 Å². The van der Waals surface area contributed by atoms with Crippen molar-refractivity contribution >= 4 is 23.5 Å². The van der Waals surface area contributed by atoms with Crippen molar-refractivity contribution in [2.75, 3.05) is 25.9 Å². The van der Waals surface area contributed by atoms with Gasteiger partial charge in [-0.3, -0.25) is 19.2 Å². The number of nitrogens with one attached hydrogen (secondary N) is 1. The van der Waals surface area contributed by atoms with Crippen LogP contribution in [0.4, 0.5) is 10.5 Å². The van der Waals surface area contributed by atoms with E-state index in [1.165, 1.54) is 6.92 Å². The van der Waals surface area contributed by atoms with Gasteiger partial charge in [-0.05, 0) is 97.7 Å². The molecule has 324 valence electrons. The van der Waals surface area contributed by atoms with Crippen LogP contribution in [-0.2, 0) is 39.8 Å². The zero-order valence-electron chi connectivity index (χ0n) is 35.8. The smallest absolute Gasteiger partial charge is 0.410 e. The standard InChI is InChI=1S/C42H67N7O9/c1-10-33-42(8)36(49(40(53)58-42)19-12-11-18-48-23-32(46-47-48)29-14-13-15-30(43)21-29)28(6)45-17-16-24(2)22-41(7,54-9)37(26(4)34(50)27(5)38(52)56-33)57-39-35(51)31(44)20-25(3)55-39/h13-15,21,23-28,31,33,35-37,39,45,51H,10-12,16-20,22,43-44H2,1-9H3/t24-,25+,26-,27+,28+,31?,33+,35?,36+,37+,39-,41+,42+/m0/s1. The molecular formula is C42H67N7O9. The van der Waals surface area contributed by atoms with E-state index >= 15 is 0 Å². The van der Waals surface area contributed by atoms with Crippen molar-refractivity contribution in [1.82, 2.24) is 25.2 Å². The van der Waals surface area contributed by atoms with Crippen LogP contribution >= 0.6 is 0 Å². The third kappa shape index (κ3) is 10.0. The molecule has 6 N–H and O–H groups in total. The predicted molar refractivity (Wildman–Crippen MR) is 217 cm³/mol. The Labute approximate surface area is 343 Å². The molecule has 2 aromatic rings. The molecule has 13 atom stereocenters. The van der Waals surface area contributed by atoms with E-state index in [2.05, 4.69) is 22.6 Å². The lowest BCUT2D eigenvalue weighted by atomic mass is 9.78. The van der Waals surface area contributed by atoms with Crippen LogP contribution in [0.5, 0.6) is 0 Å². The third-order valence-electron chi connectivity index (χ3n) is 12.5. The molecule has 2 unspecified atom stereocenters. The van der Waals surface area contributed by atoms with E-state index in [4.69, 9.17) is 35.2 Å². The number of esters is 1. The Balaban J connectivity index is 1.35. The lowest BCUT2D eigenvalue weighted by Crippen LogP contribution is -2.61. The van der Waals surface area contributed by atoms with Crippen molar-refractivity contribution in [2.24, 2.45) is 23.5 Å². The molecule has 1 amide bonds. The number of aliphatic hydroxyl groups is 1. The molecule has 3 saturated heterocycles. The molecule has 3 fully saturated rings. The van der Waals surface area contributed by atoms with Crippen molar-refractivity contribution in [1.29, 1.82) is 0 Å². The van der Waals surface area contributed by atoms with E-state index in [0.717, 1.165) is 24.1 Å². The minimum Gasteiger partial charge on any atom is -0.458 e. The van der Waals surface area contributed by atoms with Crippen LogP contribution in [0.3, 0.4) is 0 Å². The molecule has 4 heterocycles. The number of ketones is 1. The number of carbonyl (C=O) groups excluding carboxylic acids is 3. The largest absolute Gasteiger partial charge is 0.458 e. The van der Waals surface area contributed by atoms with Gasteiger partial charge in [0.25, 0.3) is 0 Å². The first kappa shape index (κ1) is 45.4. The second kappa shape index (κ2) is 19.1. The zero-order valence-corrected chi connectivity index (χ0v) is 35.8. The fourth-order valence-electron chi connectivity index (χ4n) is 9.20. The first-order valence-corrected chi connectivity index (χ1v) is 20.9. The number of nitrogens with two attached hydrogens (primary N) is 2. The molecule has 0 aliphatic carbocycles. The number of fused-ring (bicyclic) bond motifs is 1. The Morgan fingerprint density at radius 1 is 1.09 bits per heavy atom. The number of benzene rings is 1. The number of anilines is 1. The number of Topliss-reactive ketones (excluding diaryl/α,β-unsaturated/α-hetero) is 1. The number of aliphatic hydroxyl groups excluding tert-OH is 1. The Morgan fingerprint density at radius 2 is 1.81 bits per heavy atom. The molecule has 0 radical (unpaired) electrons. The minimum absolute atomic E-state index is 0.0793. The summed E-state index contributed by atoms with van der Waals surface area (Å²) in [4.78, 5) is 43.8. The maximum absolute atomic E-state index is 14.3. The van der Waals surface area contributed by atoms with Gasteiger partial charge in [0.1, 0.15) is 23.8 Å². The van der Waals surface area contributed by atoms with Gasteiger partial charge in [-0.1, -0.05) is 38.1 Å². The van der Waals surface area contributed by atoms with Crippen molar-refractivity contribution in [3.8, 4) is 11.3 Å². The van der Waals surface area contributed by atoms with Crippen LogP contribution in [-0.4, -0.2) is 123 Å².